The molecule has 1 heterocycles. The van der Waals surface area contributed by atoms with E-state index in [1.165, 1.54) is 12.1 Å². The summed E-state index contributed by atoms with van der Waals surface area (Å²) in [5.74, 6) is -0.729. The molecule has 1 N–H and O–H groups in total. The Labute approximate surface area is 132 Å². The Morgan fingerprint density at radius 3 is 2.77 bits per heavy atom. The highest BCUT2D eigenvalue weighted by atomic mass is 35.5. The first-order valence-electron chi connectivity index (χ1n) is 6.60. The van der Waals surface area contributed by atoms with E-state index in [4.69, 9.17) is 9.84 Å². The highest BCUT2D eigenvalue weighted by Crippen LogP contribution is 2.23. The van der Waals surface area contributed by atoms with Gasteiger partial charge in [0, 0.05) is 6.54 Å². The highest BCUT2D eigenvalue weighted by molar-refractivity contribution is 5.85. The molecule has 124 valence electrons. The van der Waals surface area contributed by atoms with Crippen LogP contribution in [0, 0.1) is 0 Å². The van der Waals surface area contributed by atoms with Gasteiger partial charge < -0.3 is 9.84 Å². The molecule has 1 unspecified atom stereocenters. The van der Waals surface area contributed by atoms with Crippen LogP contribution in [0.3, 0.4) is 0 Å². The SMILES string of the molecule is Cl.O=C(O)C1CCCN1Cc1cccc(OCC(F)(F)F)c1. The molecule has 4 nitrogen and oxygen atoms in total. The fourth-order valence-electron chi connectivity index (χ4n) is 2.43. The maximum absolute atomic E-state index is 12.1. The first-order valence-corrected chi connectivity index (χ1v) is 6.60. The van der Waals surface area contributed by atoms with Crippen LogP contribution in [0.15, 0.2) is 24.3 Å². The number of carboxylic acids is 1. The summed E-state index contributed by atoms with van der Waals surface area (Å²) < 4.78 is 41.0. The minimum absolute atomic E-state index is 0. The molecule has 1 aliphatic rings. The van der Waals surface area contributed by atoms with E-state index < -0.39 is 24.8 Å². The Bertz CT molecular complexity index is 510. The van der Waals surface area contributed by atoms with E-state index in [0.29, 0.717) is 19.5 Å². The third-order valence-electron chi connectivity index (χ3n) is 3.34. The Hall–Kier alpha value is -1.47. The fourth-order valence-corrected chi connectivity index (χ4v) is 2.43. The molecule has 0 saturated carbocycles. The minimum Gasteiger partial charge on any atom is -0.484 e. The Balaban J connectivity index is 0.00000242. The quantitative estimate of drug-likeness (QED) is 0.895. The zero-order chi connectivity index (χ0) is 15.5. The molecule has 1 saturated heterocycles. The number of benzene rings is 1. The molecule has 0 aromatic heterocycles. The summed E-state index contributed by atoms with van der Waals surface area (Å²) in [7, 11) is 0. The Kier molecular flexibility index (Phi) is 6.49. The number of alkyl halides is 3. The molecule has 0 spiro atoms. The van der Waals surface area contributed by atoms with Crippen LogP contribution in [-0.2, 0) is 11.3 Å². The molecule has 0 radical (unpaired) electrons. The van der Waals surface area contributed by atoms with Gasteiger partial charge in [-0.3, -0.25) is 9.69 Å². The predicted molar refractivity (Wildman–Crippen MR) is 76.3 cm³/mol. The molecule has 1 atom stereocenters. The van der Waals surface area contributed by atoms with Crippen molar-refractivity contribution in [3.05, 3.63) is 29.8 Å². The van der Waals surface area contributed by atoms with Gasteiger partial charge in [0.2, 0.25) is 0 Å². The van der Waals surface area contributed by atoms with Gasteiger partial charge in [-0.25, -0.2) is 0 Å². The van der Waals surface area contributed by atoms with Crippen molar-refractivity contribution in [3.8, 4) is 5.75 Å². The van der Waals surface area contributed by atoms with Crippen molar-refractivity contribution in [2.45, 2.75) is 31.6 Å². The normalized spacial score (nSPS) is 18.8. The summed E-state index contributed by atoms with van der Waals surface area (Å²) >= 11 is 0. The number of aliphatic carboxylic acids is 1. The summed E-state index contributed by atoms with van der Waals surface area (Å²) in [6.45, 7) is -0.275. The lowest BCUT2D eigenvalue weighted by atomic mass is 10.1. The van der Waals surface area contributed by atoms with Gasteiger partial charge >= 0.3 is 12.1 Å². The van der Waals surface area contributed by atoms with E-state index in [-0.39, 0.29) is 18.2 Å². The Morgan fingerprint density at radius 2 is 2.14 bits per heavy atom. The van der Waals surface area contributed by atoms with Crippen LogP contribution in [0.25, 0.3) is 0 Å². The molecule has 0 amide bonds. The van der Waals surface area contributed by atoms with Crippen LogP contribution in [0.1, 0.15) is 18.4 Å². The largest absolute Gasteiger partial charge is 0.484 e. The molecule has 0 bridgehead atoms. The van der Waals surface area contributed by atoms with Crippen LogP contribution in [-0.4, -0.2) is 41.3 Å². The van der Waals surface area contributed by atoms with Gasteiger partial charge in [0.25, 0.3) is 0 Å². The van der Waals surface area contributed by atoms with E-state index in [1.54, 1.807) is 12.1 Å². The van der Waals surface area contributed by atoms with E-state index in [1.807, 2.05) is 4.90 Å². The average molecular weight is 340 g/mol. The number of hydrogen-bond acceptors (Lipinski definition) is 3. The number of nitrogens with zero attached hydrogens (tertiary/aromatic N) is 1. The molecular formula is C14H17ClF3NO3. The number of hydrogen-bond donors (Lipinski definition) is 1. The molecule has 1 aliphatic heterocycles. The maximum atomic E-state index is 12.1. The molecule has 22 heavy (non-hydrogen) atoms. The summed E-state index contributed by atoms with van der Waals surface area (Å²) in [5.41, 5.74) is 0.739. The number of rotatable bonds is 5. The van der Waals surface area contributed by atoms with E-state index in [9.17, 15) is 18.0 Å². The van der Waals surface area contributed by atoms with Crippen molar-refractivity contribution in [1.29, 1.82) is 0 Å². The molecule has 8 heteroatoms. The van der Waals surface area contributed by atoms with E-state index in [2.05, 4.69) is 0 Å². The number of ether oxygens (including phenoxy) is 1. The van der Waals surface area contributed by atoms with E-state index >= 15 is 0 Å². The number of likely N-dealkylation sites (tertiary alicyclic amines) is 1. The number of carbonyl (C=O) groups is 1. The van der Waals surface area contributed by atoms with Crippen molar-refractivity contribution in [1.82, 2.24) is 4.90 Å². The number of carboxylic acid groups (broad SMARTS) is 1. The Morgan fingerprint density at radius 1 is 1.41 bits per heavy atom. The van der Waals surface area contributed by atoms with Crippen LogP contribution < -0.4 is 4.74 Å². The number of halogens is 4. The third kappa shape index (κ3) is 5.38. The van der Waals surface area contributed by atoms with Crippen LogP contribution in [0.5, 0.6) is 5.75 Å². The second kappa shape index (κ2) is 7.69. The van der Waals surface area contributed by atoms with Crippen molar-refractivity contribution < 1.29 is 27.8 Å². The summed E-state index contributed by atoms with van der Waals surface area (Å²) in [5, 5.41) is 9.10. The highest BCUT2D eigenvalue weighted by Gasteiger charge is 2.30. The molecule has 1 fully saturated rings. The second-order valence-corrected chi connectivity index (χ2v) is 5.02. The van der Waals surface area contributed by atoms with Crippen molar-refractivity contribution >= 4 is 18.4 Å². The standard InChI is InChI=1S/C14H16F3NO3.ClH/c15-14(16,17)9-21-11-4-1-3-10(7-11)8-18-6-2-5-12(18)13(19)20;/h1,3-4,7,12H,2,5-6,8-9H2,(H,19,20);1H. The van der Waals surface area contributed by atoms with Gasteiger partial charge in [0.1, 0.15) is 11.8 Å². The smallest absolute Gasteiger partial charge is 0.422 e. The molecular weight excluding hydrogens is 323 g/mol. The fraction of sp³-hybridized carbons (Fsp3) is 0.500. The molecule has 2 rings (SSSR count). The molecule has 0 aliphatic carbocycles. The van der Waals surface area contributed by atoms with Crippen molar-refractivity contribution in [2.75, 3.05) is 13.2 Å². The minimum atomic E-state index is -4.38. The maximum Gasteiger partial charge on any atom is 0.422 e. The van der Waals surface area contributed by atoms with Gasteiger partial charge in [-0.05, 0) is 37.1 Å². The van der Waals surface area contributed by atoms with Crippen LogP contribution in [0.4, 0.5) is 13.2 Å². The molecule has 1 aromatic carbocycles. The van der Waals surface area contributed by atoms with Crippen LogP contribution >= 0.6 is 12.4 Å². The summed E-state index contributed by atoms with van der Waals surface area (Å²) in [6.07, 6.45) is -2.97. The van der Waals surface area contributed by atoms with E-state index in [0.717, 1.165) is 12.0 Å². The van der Waals surface area contributed by atoms with Crippen LogP contribution in [0.2, 0.25) is 0 Å². The van der Waals surface area contributed by atoms with Gasteiger partial charge in [0.05, 0.1) is 0 Å². The summed E-state index contributed by atoms with van der Waals surface area (Å²) in [6, 6.07) is 5.80. The third-order valence-corrected chi connectivity index (χ3v) is 3.34. The lowest BCUT2D eigenvalue weighted by Gasteiger charge is -2.21. The topological polar surface area (TPSA) is 49.8 Å². The monoisotopic (exact) mass is 339 g/mol. The second-order valence-electron chi connectivity index (χ2n) is 5.02. The van der Waals surface area contributed by atoms with Gasteiger partial charge in [-0.15, -0.1) is 12.4 Å². The molecule has 1 aromatic rings. The lowest BCUT2D eigenvalue weighted by Crippen LogP contribution is -2.35. The zero-order valence-electron chi connectivity index (χ0n) is 11.7. The van der Waals surface area contributed by atoms with Gasteiger partial charge in [-0.1, -0.05) is 12.1 Å². The van der Waals surface area contributed by atoms with Gasteiger partial charge in [-0.2, -0.15) is 13.2 Å². The first kappa shape index (κ1) is 18.6. The lowest BCUT2D eigenvalue weighted by molar-refractivity contribution is -0.153. The first-order chi connectivity index (χ1) is 9.85. The van der Waals surface area contributed by atoms with Crippen molar-refractivity contribution in [2.24, 2.45) is 0 Å². The zero-order valence-corrected chi connectivity index (χ0v) is 12.5. The van der Waals surface area contributed by atoms with Crippen molar-refractivity contribution in [3.63, 3.8) is 0 Å². The summed E-state index contributed by atoms with van der Waals surface area (Å²) in [4.78, 5) is 12.9. The predicted octanol–water partition coefficient (Wildman–Crippen LogP) is 3.10. The van der Waals surface area contributed by atoms with Gasteiger partial charge in [0.15, 0.2) is 6.61 Å². The average Bonchev–Trinajstić information content (AvgIpc) is 2.84.